The molecule has 0 aliphatic carbocycles. The summed E-state index contributed by atoms with van der Waals surface area (Å²) in [7, 11) is 0. The van der Waals surface area contributed by atoms with Gasteiger partial charge in [0, 0.05) is 5.56 Å². The normalized spacial score (nSPS) is 9.70. The number of carboxylic acid groups (broad SMARTS) is 1. The van der Waals surface area contributed by atoms with Crippen LogP contribution < -0.4 is 0 Å². The van der Waals surface area contributed by atoms with E-state index >= 15 is 0 Å². The molecule has 0 radical (unpaired) electrons. The van der Waals surface area contributed by atoms with Crippen molar-refractivity contribution in [1.29, 1.82) is 0 Å². The van der Waals surface area contributed by atoms with E-state index in [0.29, 0.717) is 5.56 Å². The van der Waals surface area contributed by atoms with Crippen LogP contribution in [0, 0.1) is 6.92 Å². The molecular weight excluding hydrogens is 152 g/mol. The van der Waals surface area contributed by atoms with Gasteiger partial charge in [-0.3, -0.25) is 0 Å². The summed E-state index contributed by atoms with van der Waals surface area (Å²) in [4.78, 5) is 10.3. The largest absolute Gasteiger partial charge is 0.506 e. The van der Waals surface area contributed by atoms with Crippen LogP contribution in [0.2, 0.25) is 0 Å². The molecule has 0 aliphatic heterocycles. The fourth-order valence-electron chi connectivity index (χ4n) is 0.590. The zero-order valence-electron chi connectivity index (χ0n) is 5.29. The third-order valence-electron chi connectivity index (χ3n) is 1.14. The van der Waals surface area contributed by atoms with Crippen LogP contribution in [0.1, 0.15) is 15.2 Å². The highest BCUT2D eigenvalue weighted by molar-refractivity contribution is 7.12. The molecule has 2 N–H and O–H groups in total. The Bertz CT molecular complexity index is 264. The third-order valence-corrected chi connectivity index (χ3v) is 2.21. The predicted molar refractivity (Wildman–Crippen MR) is 37.7 cm³/mol. The van der Waals surface area contributed by atoms with Crippen molar-refractivity contribution in [2.45, 2.75) is 6.92 Å². The van der Waals surface area contributed by atoms with Gasteiger partial charge in [0.1, 0.15) is 5.75 Å². The molecule has 3 nitrogen and oxygen atoms in total. The van der Waals surface area contributed by atoms with E-state index in [0.717, 1.165) is 11.3 Å². The van der Waals surface area contributed by atoms with Gasteiger partial charge in [0.2, 0.25) is 0 Å². The average molecular weight is 158 g/mol. The number of aromatic carboxylic acids is 1. The van der Waals surface area contributed by atoms with Crippen LogP contribution in [-0.2, 0) is 0 Å². The van der Waals surface area contributed by atoms with E-state index in [1.54, 1.807) is 12.3 Å². The van der Waals surface area contributed by atoms with Gasteiger partial charge in [0.15, 0.2) is 4.88 Å². The Morgan fingerprint density at radius 3 is 2.50 bits per heavy atom. The van der Waals surface area contributed by atoms with Crippen molar-refractivity contribution >= 4 is 17.3 Å². The predicted octanol–water partition coefficient (Wildman–Crippen LogP) is 1.46. The number of carbonyl (C=O) groups is 1. The van der Waals surface area contributed by atoms with Crippen LogP contribution in [0.4, 0.5) is 0 Å². The molecule has 0 saturated carbocycles. The van der Waals surface area contributed by atoms with E-state index in [-0.39, 0.29) is 10.6 Å². The van der Waals surface area contributed by atoms with Crippen LogP contribution >= 0.6 is 11.3 Å². The second kappa shape index (κ2) is 2.30. The highest BCUT2D eigenvalue weighted by atomic mass is 32.1. The molecule has 54 valence electrons. The zero-order chi connectivity index (χ0) is 7.72. The quantitative estimate of drug-likeness (QED) is 0.650. The lowest BCUT2D eigenvalue weighted by molar-refractivity contribution is 0.0699. The van der Waals surface area contributed by atoms with Crippen molar-refractivity contribution < 1.29 is 15.0 Å². The first-order chi connectivity index (χ1) is 4.63. The van der Waals surface area contributed by atoms with Crippen molar-refractivity contribution in [1.82, 2.24) is 0 Å². The number of carboxylic acids is 1. The molecule has 0 unspecified atom stereocenters. The van der Waals surface area contributed by atoms with Crippen LogP contribution in [0.25, 0.3) is 0 Å². The van der Waals surface area contributed by atoms with Gasteiger partial charge in [-0.1, -0.05) is 0 Å². The minimum atomic E-state index is -1.07. The molecule has 10 heavy (non-hydrogen) atoms. The van der Waals surface area contributed by atoms with E-state index in [1.807, 2.05) is 0 Å². The Kier molecular flexibility index (Phi) is 1.63. The Balaban J connectivity index is 3.17. The van der Waals surface area contributed by atoms with Gasteiger partial charge in [-0.25, -0.2) is 4.79 Å². The fourth-order valence-corrected chi connectivity index (χ4v) is 1.37. The van der Waals surface area contributed by atoms with Crippen LogP contribution in [-0.4, -0.2) is 16.2 Å². The van der Waals surface area contributed by atoms with Crippen molar-refractivity contribution in [3.05, 3.63) is 15.8 Å². The van der Waals surface area contributed by atoms with Crippen LogP contribution in [0.3, 0.4) is 0 Å². The molecule has 1 aromatic rings. The van der Waals surface area contributed by atoms with E-state index in [9.17, 15) is 4.79 Å². The molecule has 1 rings (SSSR count). The molecule has 1 heterocycles. The van der Waals surface area contributed by atoms with Gasteiger partial charge in [0.25, 0.3) is 0 Å². The summed E-state index contributed by atoms with van der Waals surface area (Å²) in [5.74, 6) is -1.19. The maximum absolute atomic E-state index is 10.3. The Hall–Kier alpha value is -1.03. The van der Waals surface area contributed by atoms with Gasteiger partial charge in [0.05, 0.1) is 0 Å². The Labute approximate surface area is 61.6 Å². The molecular formula is C6H6O3S. The van der Waals surface area contributed by atoms with Crippen molar-refractivity contribution in [3.63, 3.8) is 0 Å². The topological polar surface area (TPSA) is 57.5 Å². The molecule has 0 fully saturated rings. The van der Waals surface area contributed by atoms with Crippen molar-refractivity contribution in [2.75, 3.05) is 0 Å². The smallest absolute Gasteiger partial charge is 0.349 e. The number of aryl methyl sites for hydroxylation is 1. The van der Waals surface area contributed by atoms with E-state index in [1.165, 1.54) is 0 Å². The lowest BCUT2D eigenvalue weighted by Crippen LogP contribution is -1.91. The standard InChI is InChI=1S/C6H6O3S/c1-3-2-10-5(4(3)7)6(8)9/h2,7H,1H3,(H,8,9). The summed E-state index contributed by atoms with van der Waals surface area (Å²) in [5.41, 5.74) is 0.613. The first-order valence-corrected chi connectivity index (χ1v) is 3.51. The minimum Gasteiger partial charge on any atom is -0.506 e. The molecule has 0 spiro atoms. The summed E-state index contributed by atoms with van der Waals surface area (Å²) in [6.45, 7) is 1.66. The summed E-state index contributed by atoms with van der Waals surface area (Å²) >= 11 is 1.03. The second-order valence-electron chi connectivity index (χ2n) is 1.90. The van der Waals surface area contributed by atoms with E-state index in [4.69, 9.17) is 10.2 Å². The Morgan fingerprint density at radius 1 is 1.70 bits per heavy atom. The first kappa shape index (κ1) is 7.08. The number of hydrogen-bond donors (Lipinski definition) is 2. The highest BCUT2D eigenvalue weighted by Crippen LogP contribution is 2.27. The second-order valence-corrected chi connectivity index (χ2v) is 2.78. The summed E-state index contributed by atoms with van der Waals surface area (Å²) in [6, 6.07) is 0. The average Bonchev–Trinajstić information content (AvgIpc) is 2.14. The summed E-state index contributed by atoms with van der Waals surface area (Å²) in [6.07, 6.45) is 0. The molecule has 0 atom stereocenters. The van der Waals surface area contributed by atoms with Crippen molar-refractivity contribution in [2.24, 2.45) is 0 Å². The number of rotatable bonds is 1. The first-order valence-electron chi connectivity index (χ1n) is 2.63. The van der Waals surface area contributed by atoms with E-state index < -0.39 is 5.97 Å². The number of hydrogen-bond acceptors (Lipinski definition) is 3. The third kappa shape index (κ3) is 0.974. The van der Waals surface area contributed by atoms with Gasteiger partial charge in [-0.05, 0) is 12.3 Å². The minimum absolute atomic E-state index is 0.0116. The van der Waals surface area contributed by atoms with Gasteiger partial charge in [-0.15, -0.1) is 11.3 Å². The highest BCUT2D eigenvalue weighted by Gasteiger charge is 2.12. The molecule has 0 aliphatic rings. The molecule has 1 aromatic heterocycles. The monoisotopic (exact) mass is 158 g/mol. The van der Waals surface area contributed by atoms with Gasteiger partial charge in [-0.2, -0.15) is 0 Å². The molecule has 0 saturated heterocycles. The SMILES string of the molecule is Cc1csc(C(=O)O)c1O. The molecule has 4 heteroatoms. The lowest BCUT2D eigenvalue weighted by atomic mass is 10.3. The van der Waals surface area contributed by atoms with Gasteiger partial charge >= 0.3 is 5.97 Å². The molecule has 0 amide bonds. The molecule has 0 aromatic carbocycles. The van der Waals surface area contributed by atoms with Crippen molar-refractivity contribution in [3.8, 4) is 5.75 Å². The number of aromatic hydroxyl groups is 1. The maximum Gasteiger partial charge on any atom is 0.349 e. The van der Waals surface area contributed by atoms with E-state index in [2.05, 4.69) is 0 Å². The van der Waals surface area contributed by atoms with Crippen LogP contribution in [0.5, 0.6) is 5.75 Å². The van der Waals surface area contributed by atoms with Gasteiger partial charge < -0.3 is 10.2 Å². The lowest BCUT2D eigenvalue weighted by Gasteiger charge is -1.89. The summed E-state index contributed by atoms with van der Waals surface area (Å²) < 4.78 is 0. The summed E-state index contributed by atoms with van der Waals surface area (Å²) in [5, 5.41) is 19.1. The fraction of sp³-hybridized carbons (Fsp3) is 0.167. The molecule has 0 bridgehead atoms. The number of thiophene rings is 1. The Morgan fingerprint density at radius 2 is 2.30 bits per heavy atom. The zero-order valence-corrected chi connectivity index (χ0v) is 6.10. The maximum atomic E-state index is 10.3. The van der Waals surface area contributed by atoms with Crippen LogP contribution in [0.15, 0.2) is 5.38 Å².